The van der Waals surface area contributed by atoms with Crippen molar-refractivity contribution in [2.45, 2.75) is 25.0 Å². The maximum atomic E-state index is 5.80. The molecule has 0 aromatic carbocycles. The lowest BCUT2D eigenvalue weighted by Crippen LogP contribution is -2.19. The summed E-state index contributed by atoms with van der Waals surface area (Å²) in [5.74, 6) is 1.90. The van der Waals surface area contributed by atoms with Crippen LogP contribution in [0.5, 0.6) is 0 Å². The summed E-state index contributed by atoms with van der Waals surface area (Å²) in [5, 5.41) is 0. The third kappa shape index (κ3) is 5.50. The molecule has 1 aliphatic heterocycles. The highest BCUT2D eigenvalue weighted by atomic mass is 32.2. The minimum absolute atomic E-state index is 0.273. The lowest BCUT2D eigenvalue weighted by molar-refractivity contribution is -0.0970. The van der Waals surface area contributed by atoms with Crippen LogP contribution in [0.4, 0.5) is 0 Å². The summed E-state index contributed by atoms with van der Waals surface area (Å²) in [5.41, 5.74) is 0. The lowest BCUT2D eigenvalue weighted by atomic mass is 9.94. The summed E-state index contributed by atoms with van der Waals surface area (Å²) in [4.78, 5) is 0. The number of methoxy groups -OCH3 is 1. The summed E-state index contributed by atoms with van der Waals surface area (Å²) in [6.45, 7) is 3.26. The molecule has 1 saturated carbocycles. The number of hydrogen-bond acceptors (Lipinski definition) is 6. The predicted octanol–water partition coefficient (Wildman–Crippen LogP) is 1.75. The summed E-state index contributed by atoms with van der Waals surface area (Å²) in [7, 11) is 1.67. The van der Waals surface area contributed by atoms with E-state index in [1.54, 1.807) is 18.9 Å². The van der Waals surface area contributed by atoms with Crippen LogP contribution in [-0.4, -0.2) is 64.7 Å². The third-order valence-corrected chi connectivity index (χ3v) is 4.30. The largest absolute Gasteiger partial charge is 0.382 e. The molecule has 1 saturated heterocycles. The Morgan fingerprint density at radius 3 is 2.75 bits per heavy atom. The van der Waals surface area contributed by atoms with E-state index in [0.29, 0.717) is 37.9 Å². The molecule has 1 heterocycles. The van der Waals surface area contributed by atoms with Gasteiger partial charge in [-0.3, -0.25) is 0 Å². The van der Waals surface area contributed by atoms with Crippen molar-refractivity contribution >= 4 is 11.8 Å². The standard InChI is InChI=1S/C14H26O5S/c1-15-3-4-16-9-19-12-5-11(7-17-10-20-2)13(6-12)14-8-18-14/h11-14H,3-10H2,1-2H3/t11-,12+,13+,14?/m0/s1. The molecule has 20 heavy (non-hydrogen) atoms. The van der Waals surface area contributed by atoms with Gasteiger partial charge >= 0.3 is 0 Å². The van der Waals surface area contributed by atoms with Gasteiger partial charge in [-0.2, -0.15) is 0 Å². The Kier molecular flexibility index (Phi) is 7.62. The van der Waals surface area contributed by atoms with Crippen molar-refractivity contribution in [2.24, 2.45) is 11.8 Å². The van der Waals surface area contributed by atoms with Crippen LogP contribution >= 0.6 is 11.8 Å². The Morgan fingerprint density at radius 2 is 2.05 bits per heavy atom. The van der Waals surface area contributed by atoms with Crippen LogP contribution in [-0.2, 0) is 23.7 Å². The molecule has 0 spiro atoms. The van der Waals surface area contributed by atoms with Crippen LogP contribution in [0.3, 0.4) is 0 Å². The third-order valence-electron chi connectivity index (χ3n) is 3.89. The molecule has 118 valence electrons. The van der Waals surface area contributed by atoms with E-state index in [4.69, 9.17) is 23.7 Å². The highest BCUT2D eigenvalue weighted by molar-refractivity contribution is 7.98. The van der Waals surface area contributed by atoms with Crippen molar-refractivity contribution in [3.63, 3.8) is 0 Å². The number of epoxide rings is 1. The van der Waals surface area contributed by atoms with Gasteiger partial charge in [-0.15, -0.1) is 11.8 Å². The molecule has 1 unspecified atom stereocenters. The number of hydrogen-bond donors (Lipinski definition) is 0. The molecular weight excluding hydrogens is 280 g/mol. The predicted molar refractivity (Wildman–Crippen MR) is 77.9 cm³/mol. The Balaban J connectivity index is 1.64. The van der Waals surface area contributed by atoms with Gasteiger partial charge in [-0.25, -0.2) is 0 Å². The maximum Gasteiger partial charge on any atom is 0.147 e. The average molecular weight is 306 g/mol. The van der Waals surface area contributed by atoms with Gasteiger partial charge in [0.05, 0.1) is 44.6 Å². The Labute approximate surface area is 125 Å². The van der Waals surface area contributed by atoms with Crippen LogP contribution in [0.2, 0.25) is 0 Å². The van der Waals surface area contributed by atoms with E-state index in [-0.39, 0.29) is 6.10 Å². The molecule has 0 bridgehead atoms. The zero-order valence-electron chi connectivity index (χ0n) is 12.4. The van der Waals surface area contributed by atoms with E-state index in [1.165, 1.54) is 0 Å². The van der Waals surface area contributed by atoms with E-state index >= 15 is 0 Å². The molecule has 4 atom stereocenters. The zero-order valence-corrected chi connectivity index (χ0v) is 13.2. The first kappa shape index (κ1) is 16.5. The molecule has 0 aromatic rings. The summed E-state index contributed by atoms with van der Waals surface area (Å²) in [6.07, 6.45) is 4.87. The first-order valence-electron chi connectivity index (χ1n) is 7.21. The Morgan fingerprint density at radius 1 is 1.20 bits per heavy atom. The zero-order chi connectivity index (χ0) is 14.2. The number of thioether (sulfide) groups is 1. The molecule has 5 nitrogen and oxygen atoms in total. The van der Waals surface area contributed by atoms with Crippen molar-refractivity contribution in [3.05, 3.63) is 0 Å². The van der Waals surface area contributed by atoms with Crippen molar-refractivity contribution in [2.75, 3.05) is 52.5 Å². The molecule has 0 radical (unpaired) electrons. The fourth-order valence-corrected chi connectivity index (χ4v) is 3.08. The second-order valence-corrected chi connectivity index (χ2v) is 6.17. The van der Waals surface area contributed by atoms with Crippen LogP contribution in [0.1, 0.15) is 12.8 Å². The van der Waals surface area contributed by atoms with Gasteiger partial charge in [0.25, 0.3) is 0 Å². The highest BCUT2D eigenvalue weighted by Gasteiger charge is 2.44. The quantitative estimate of drug-likeness (QED) is 0.329. The number of ether oxygens (including phenoxy) is 5. The maximum absolute atomic E-state index is 5.80. The van der Waals surface area contributed by atoms with E-state index in [2.05, 4.69) is 6.26 Å². The molecule has 2 fully saturated rings. The smallest absolute Gasteiger partial charge is 0.147 e. The normalized spacial score (nSPS) is 32.7. The Bertz CT molecular complexity index is 262. The average Bonchev–Trinajstić information content (AvgIpc) is 3.21. The van der Waals surface area contributed by atoms with Crippen molar-refractivity contribution in [1.82, 2.24) is 0 Å². The van der Waals surface area contributed by atoms with E-state index in [9.17, 15) is 0 Å². The van der Waals surface area contributed by atoms with E-state index < -0.39 is 0 Å². The second kappa shape index (κ2) is 9.23. The summed E-state index contributed by atoms with van der Waals surface area (Å²) >= 11 is 1.72. The van der Waals surface area contributed by atoms with Gasteiger partial charge in [0.1, 0.15) is 6.79 Å². The second-order valence-electron chi connectivity index (χ2n) is 5.35. The Hall–Kier alpha value is 0.150. The molecule has 2 rings (SSSR count). The van der Waals surface area contributed by atoms with E-state index in [0.717, 1.165) is 32.0 Å². The van der Waals surface area contributed by atoms with Gasteiger partial charge < -0.3 is 23.7 Å². The summed E-state index contributed by atoms with van der Waals surface area (Å²) in [6, 6.07) is 0. The van der Waals surface area contributed by atoms with Crippen LogP contribution in [0.15, 0.2) is 0 Å². The monoisotopic (exact) mass is 306 g/mol. The van der Waals surface area contributed by atoms with Gasteiger partial charge in [0.2, 0.25) is 0 Å². The molecular formula is C14H26O5S. The molecule has 6 heteroatoms. The van der Waals surface area contributed by atoms with Gasteiger partial charge in [-0.1, -0.05) is 0 Å². The molecule has 1 aliphatic carbocycles. The lowest BCUT2D eigenvalue weighted by Gasteiger charge is -2.16. The first-order chi connectivity index (χ1) is 9.85. The first-order valence-corrected chi connectivity index (χ1v) is 8.61. The van der Waals surface area contributed by atoms with Gasteiger partial charge in [0.15, 0.2) is 0 Å². The van der Waals surface area contributed by atoms with E-state index in [1.807, 2.05) is 0 Å². The van der Waals surface area contributed by atoms with Gasteiger partial charge in [-0.05, 0) is 30.9 Å². The number of rotatable bonds is 11. The van der Waals surface area contributed by atoms with Crippen LogP contribution < -0.4 is 0 Å². The summed E-state index contributed by atoms with van der Waals surface area (Å²) < 4.78 is 27.3. The molecule has 0 N–H and O–H groups in total. The van der Waals surface area contributed by atoms with Crippen LogP contribution in [0, 0.1) is 11.8 Å². The van der Waals surface area contributed by atoms with Crippen molar-refractivity contribution < 1.29 is 23.7 Å². The van der Waals surface area contributed by atoms with Crippen molar-refractivity contribution in [3.8, 4) is 0 Å². The SMILES string of the molecule is COCCOCO[C@@H]1C[C@@H](COCSC)[C@H](C2CO2)C1. The minimum Gasteiger partial charge on any atom is -0.382 e. The fourth-order valence-electron chi connectivity index (χ4n) is 2.82. The van der Waals surface area contributed by atoms with Gasteiger partial charge in [0, 0.05) is 7.11 Å². The van der Waals surface area contributed by atoms with Crippen LogP contribution in [0.25, 0.3) is 0 Å². The van der Waals surface area contributed by atoms with Crippen molar-refractivity contribution in [1.29, 1.82) is 0 Å². The topological polar surface area (TPSA) is 49.5 Å². The molecule has 0 aromatic heterocycles. The molecule has 2 aliphatic rings. The molecule has 0 amide bonds. The minimum atomic E-state index is 0.273. The fraction of sp³-hybridized carbons (Fsp3) is 1.00. The highest BCUT2D eigenvalue weighted by Crippen LogP contribution is 2.41.